The molecule has 1 atom stereocenters. The van der Waals surface area contributed by atoms with Crippen LogP contribution in [0.4, 0.5) is 0 Å². The average Bonchev–Trinajstić information content (AvgIpc) is 2.66. The van der Waals surface area contributed by atoms with Crippen molar-refractivity contribution >= 4 is 28.6 Å². The summed E-state index contributed by atoms with van der Waals surface area (Å²) in [4.78, 5) is 39.2. The number of Topliss-reactive ketones (excluding diaryl/α,β-unsaturated/α-hetero) is 1. The molecule has 4 nitrogen and oxygen atoms in total. The quantitative estimate of drug-likeness (QED) is 0.516. The zero-order chi connectivity index (χ0) is 19.9. The van der Waals surface area contributed by atoms with Crippen molar-refractivity contribution in [1.29, 1.82) is 0 Å². The van der Waals surface area contributed by atoms with Gasteiger partial charge in [-0.3, -0.25) is 14.4 Å². The summed E-state index contributed by atoms with van der Waals surface area (Å²) < 4.78 is 0. The first-order valence-corrected chi connectivity index (χ1v) is 10.8. The number of piperidine rings is 1. The second kappa shape index (κ2) is 10.1. The third-order valence-corrected chi connectivity index (χ3v) is 5.91. The van der Waals surface area contributed by atoms with Gasteiger partial charge in [-0.1, -0.05) is 62.9 Å². The normalized spacial score (nSPS) is 17.6. The van der Waals surface area contributed by atoms with Crippen LogP contribution < -0.4 is 0 Å². The lowest BCUT2D eigenvalue weighted by atomic mass is 9.89. The van der Waals surface area contributed by atoms with Gasteiger partial charge in [0.1, 0.15) is 6.04 Å². The van der Waals surface area contributed by atoms with E-state index in [-0.39, 0.29) is 5.12 Å². The van der Waals surface area contributed by atoms with Crippen LogP contribution in [0, 0.1) is 5.41 Å². The third-order valence-electron chi connectivity index (χ3n) is 4.86. The largest absolute Gasteiger partial charge is 0.325 e. The maximum absolute atomic E-state index is 12.7. The van der Waals surface area contributed by atoms with Crippen LogP contribution in [0.15, 0.2) is 30.3 Å². The molecule has 1 heterocycles. The van der Waals surface area contributed by atoms with Crippen LogP contribution in [-0.4, -0.2) is 40.0 Å². The first-order valence-electron chi connectivity index (χ1n) is 9.86. The molecule has 0 aliphatic carbocycles. The molecule has 0 bridgehead atoms. The van der Waals surface area contributed by atoms with Crippen molar-refractivity contribution in [3.8, 4) is 0 Å². The number of amides is 1. The van der Waals surface area contributed by atoms with Gasteiger partial charge in [0.15, 0.2) is 0 Å². The summed E-state index contributed by atoms with van der Waals surface area (Å²) in [7, 11) is 0. The van der Waals surface area contributed by atoms with E-state index in [2.05, 4.69) is 12.1 Å². The third kappa shape index (κ3) is 6.49. The Bertz CT molecular complexity index is 651. The van der Waals surface area contributed by atoms with Crippen LogP contribution in [0.5, 0.6) is 0 Å². The highest BCUT2D eigenvalue weighted by atomic mass is 32.2. The minimum absolute atomic E-state index is 0.0319. The molecule has 5 heteroatoms. The number of benzene rings is 1. The van der Waals surface area contributed by atoms with E-state index < -0.39 is 23.1 Å². The predicted molar refractivity (Wildman–Crippen MR) is 111 cm³/mol. The van der Waals surface area contributed by atoms with Crippen LogP contribution in [0.25, 0.3) is 0 Å². The number of aryl methyl sites for hydroxylation is 1. The topological polar surface area (TPSA) is 54.5 Å². The fourth-order valence-electron chi connectivity index (χ4n) is 3.22. The monoisotopic (exact) mass is 389 g/mol. The van der Waals surface area contributed by atoms with Crippen molar-refractivity contribution in [3.63, 3.8) is 0 Å². The number of unbranched alkanes of at least 4 members (excludes halogenated alkanes) is 1. The highest BCUT2D eigenvalue weighted by molar-refractivity contribution is 8.13. The molecular weight excluding hydrogens is 358 g/mol. The number of nitrogens with zero attached hydrogens (tertiary/aromatic N) is 1. The number of rotatable bonds is 7. The van der Waals surface area contributed by atoms with Gasteiger partial charge < -0.3 is 4.90 Å². The van der Waals surface area contributed by atoms with E-state index in [0.29, 0.717) is 13.0 Å². The molecule has 0 saturated carbocycles. The van der Waals surface area contributed by atoms with E-state index in [1.807, 2.05) is 18.2 Å². The number of carbonyl (C=O) groups excluding carboxylic acids is 3. The lowest BCUT2D eigenvalue weighted by Gasteiger charge is -2.35. The van der Waals surface area contributed by atoms with Gasteiger partial charge >= 0.3 is 0 Å². The number of thioether (sulfide) groups is 1. The molecule has 1 aliphatic rings. The SMILES string of the molecule is CC(C)(C)C(=O)C(=O)N1CCCCC1C(=O)SCCCCc1ccccc1. The van der Waals surface area contributed by atoms with Gasteiger partial charge in [-0.2, -0.15) is 0 Å². The van der Waals surface area contributed by atoms with Crippen molar-refractivity contribution in [2.75, 3.05) is 12.3 Å². The van der Waals surface area contributed by atoms with Gasteiger partial charge in [-0.25, -0.2) is 0 Å². The van der Waals surface area contributed by atoms with E-state index in [1.54, 1.807) is 20.8 Å². The summed E-state index contributed by atoms with van der Waals surface area (Å²) in [6.45, 7) is 5.74. The second-order valence-electron chi connectivity index (χ2n) is 8.20. The smallest absolute Gasteiger partial charge is 0.291 e. The number of hydrogen-bond acceptors (Lipinski definition) is 4. The van der Waals surface area contributed by atoms with E-state index in [9.17, 15) is 14.4 Å². The molecule has 1 amide bonds. The highest BCUT2D eigenvalue weighted by Crippen LogP contribution is 2.25. The summed E-state index contributed by atoms with van der Waals surface area (Å²) in [6, 6.07) is 9.89. The zero-order valence-electron chi connectivity index (χ0n) is 16.7. The van der Waals surface area contributed by atoms with Crippen LogP contribution in [-0.2, 0) is 20.8 Å². The number of likely N-dealkylation sites (tertiary alicyclic amines) is 1. The summed E-state index contributed by atoms with van der Waals surface area (Å²) >= 11 is 1.31. The summed E-state index contributed by atoms with van der Waals surface area (Å²) in [5, 5.41) is 0.0319. The van der Waals surface area contributed by atoms with Crippen molar-refractivity contribution in [3.05, 3.63) is 35.9 Å². The van der Waals surface area contributed by atoms with Gasteiger partial charge in [0, 0.05) is 17.7 Å². The standard InChI is InChI=1S/C22H31NO3S/c1-22(2,3)19(24)20(25)23-15-9-7-14-18(23)21(26)27-16-10-8-13-17-11-5-4-6-12-17/h4-6,11-12,18H,7-10,13-16H2,1-3H3. The van der Waals surface area contributed by atoms with Gasteiger partial charge in [-0.15, -0.1) is 0 Å². The molecular formula is C22H31NO3S. The lowest BCUT2D eigenvalue weighted by Crippen LogP contribution is -2.51. The van der Waals surface area contributed by atoms with E-state index in [1.165, 1.54) is 22.2 Å². The molecule has 1 unspecified atom stereocenters. The summed E-state index contributed by atoms with van der Waals surface area (Å²) in [5.74, 6) is -0.141. The Labute approximate surface area is 167 Å². The second-order valence-corrected chi connectivity index (χ2v) is 9.30. The fraction of sp³-hybridized carbons (Fsp3) is 0.591. The van der Waals surface area contributed by atoms with Gasteiger partial charge in [0.05, 0.1) is 0 Å². The first kappa shape index (κ1) is 21.7. The lowest BCUT2D eigenvalue weighted by molar-refractivity contribution is -0.152. The van der Waals surface area contributed by atoms with Crippen molar-refractivity contribution < 1.29 is 14.4 Å². The highest BCUT2D eigenvalue weighted by Gasteiger charge is 2.38. The summed E-state index contributed by atoms with van der Waals surface area (Å²) in [5.41, 5.74) is 0.603. The Morgan fingerprint density at radius 2 is 1.78 bits per heavy atom. The molecule has 2 rings (SSSR count). The Morgan fingerprint density at radius 3 is 2.44 bits per heavy atom. The van der Waals surface area contributed by atoms with Crippen molar-refractivity contribution in [1.82, 2.24) is 4.90 Å². The number of ketones is 1. The van der Waals surface area contributed by atoms with Crippen molar-refractivity contribution in [2.45, 2.75) is 65.3 Å². The Morgan fingerprint density at radius 1 is 1.07 bits per heavy atom. The minimum atomic E-state index is -0.716. The Kier molecular flexibility index (Phi) is 8.08. The maximum Gasteiger partial charge on any atom is 0.291 e. The maximum atomic E-state index is 12.7. The van der Waals surface area contributed by atoms with Crippen LogP contribution in [0.2, 0.25) is 0 Å². The Hall–Kier alpha value is -1.62. The van der Waals surface area contributed by atoms with Gasteiger partial charge in [-0.05, 0) is 44.1 Å². The molecule has 0 aromatic heterocycles. The molecule has 1 aromatic carbocycles. The van der Waals surface area contributed by atoms with E-state index >= 15 is 0 Å². The molecule has 1 saturated heterocycles. The fourth-order valence-corrected chi connectivity index (χ4v) is 4.20. The van der Waals surface area contributed by atoms with Crippen LogP contribution in [0.3, 0.4) is 0 Å². The molecule has 27 heavy (non-hydrogen) atoms. The van der Waals surface area contributed by atoms with E-state index in [0.717, 1.165) is 37.9 Å². The van der Waals surface area contributed by atoms with Crippen molar-refractivity contribution in [2.24, 2.45) is 5.41 Å². The molecule has 148 valence electrons. The molecule has 0 spiro atoms. The number of carbonyl (C=O) groups is 3. The average molecular weight is 390 g/mol. The van der Waals surface area contributed by atoms with Crippen LogP contribution in [0.1, 0.15) is 58.4 Å². The molecule has 0 N–H and O–H groups in total. The molecule has 1 aliphatic heterocycles. The summed E-state index contributed by atoms with van der Waals surface area (Å²) in [6.07, 6.45) is 5.48. The van der Waals surface area contributed by atoms with Gasteiger partial charge in [0.2, 0.25) is 10.9 Å². The van der Waals surface area contributed by atoms with E-state index in [4.69, 9.17) is 0 Å². The Balaban J connectivity index is 1.82. The molecule has 0 radical (unpaired) electrons. The number of hydrogen-bond donors (Lipinski definition) is 0. The van der Waals surface area contributed by atoms with Gasteiger partial charge in [0.25, 0.3) is 5.91 Å². The molecule has 1 fully saturated rings. The zero-order valence-corrected chi connectivity index (χ0v) is 17.5. The first-order chi connectivity index (χ1) is 12.8. The van der Waals surface area contributed by atoms with Crippen LogP contribution >= 0.6 is 11.8 Å². The molecule has 1 aromatic rings. The predicted octanol–water partition coefficient (Wildman–Crippen LogP) is 4.27. The minimum Gasteiger partial charge on any atom is -0.325 e.